The molecule has 2 heterocycles. The Hall–Kier alpha value is -2.12. The number of benzene rings is 1. The molecule has 5 nitrogen and oxygen atoms in total. The fraction of sp³-hybridized carbons (Fsp3) is 0.250. The number of thioether (sulfide) groups is 1. The van der Waals surface area contributed by atoms with E-state index in [1.54, 1.807) is 23.6 Å². The first-order valence-electron chi connectivity index (χ1n) is 8.49. The average Bonchev–Trinajstić information content (AvgIpc) is 2.99. The summed E-state index contributed by atoms with van der Waals surface area (Å²) in [4.78, 5) is 25.0. The molecule has 0 unspecified atom stereocenters. The van der Waals surface area contributed by atoms with Crippen molar-refractivity contribution in [3.8, 4) is 0 Å². The fourth-order valence-electron chi connectivity index (χ4n) is 2.85. The van der Waals surface area contributed by atoms with Crippen LogP contribution in [0.4, 0.5) is 0 Å². The van der Waals surface area contributed by atoms with Gasteiger partial charge in [-0.2, -0.15) is 5.10 Å². The lowest BCUT2D eigenvalue weighted by Gasteiger charge is -2.05. The summed E-state index contributed by atoms with van der Waals surface area (Å²) in [5, 5.41) is 5.12. The van der Waals surface area contributed by atoms with Crippen molar-refractivity contribution in [2.45, 2.75) is 25.8 Å². The number of hydrogen-bond donors (Lipinski definition) is 0. The molecule has 0 amide bonds. The third-order valence-corrected chi connectivity index (χ3v) is 5.46. The number of aromatic nitrogens is 2. The van der Waals surface area contributed by atoms with Gasteiger partial charge in [-0.3, -0.25) is 9.59 Å². The Morgan fingerprint density at radius 1 is 1.19 bits per heavy atom. The SMILES string of the molecule is CCOC(=O)CSc1nn2c(C)cc(C)cc2c1C(=O)c1ccc(Br)cc1. The molecule has 140 valence electrons. The zero-order chi connectivity index (χ0) is 19.6. The highest BCUT2D eigenvalue weighted by Crippen LogP contribution is 2.29. The third-order valence-electron chi connectivity index (χ3n) is 3.99. The molecular formula is C20H19BrN2O3S. The number of fused-ring (bicyclic) bond motifs is 1. The number of esters is 1. The molecule has 7 heteroatoms. The van der Waals surface area contributed by atoms with Gasteiger partial charge < -0.3 is 4.74 Å². The molecule has 2 aromatic heterocycles. The van der Waals surface area contributed by atoms with Crippen LogP contribution < -0.4 is 0 Å². The number of carbonyl (C=O) groups excluding carboxylic acids is 2. The fourth-order valence-corrected chi connectivity index (χ4v) is 3.93. The average molecular weight is 447 g/mol. The van der Waals surface area contributed by atoms with Crippen molar-refractivity contribution in [3.63, 3.8) is 0 Å². The summed E-state index contributed by atoms with van der Waals surface area (Å²) in [6, 6.07) is 11.2. The van der Waals surface area contributed by atoms with Crippen molar-refractivity contribution < 1.29 is 14.3 Å². The lowest BCUT2D eigenvalue weighted by Crippen LogP contribution is -2.08. The molecule has 0 saturated heterocycles. The van der Waals surface area contributed by atoms with E-state index < -0.39 is 0 Å². The van der Waals surface area contributed by atoms with Crippen LogP contribution in [0.5, 0.6) is 0 Å². The van der Waals surface area contributed by atoms with Gasteiger partial charge in [0.2, 0.25) is 0 Å². The summed E-state index contributed by atoms with van der Waals surface area (Å²) in [6.07, 6.45) is 0. The van der Waals surface area contributed by atoms with E-state index in [1.165, 1.54) is 11.8 Å². The first kappa shape index (κ1) is 19.6. The molecule has 0 radical (unpaired) electrons. The minimum atomic E-state index is -0.325. The van der Waals surface area contributed by atoms with Crippen LogP contribution in [0.1, 0.15) is 34.1 Å². The first-order valence-corrected chi connectivity index (χ1v) is 10.3. The number of aryl methyl sites for hydroxylation is 2. The van der Waals surface area contributed by atoms with Gasteiger partial charge in [0.1, 0.15) is 5.03 Å². The Bertz CT molecular complexity index is 1010. The van der Waals surface area contributed by atoms with Crippen molar-refractivity contribution in [1.82, 2.24) is 9.61 Å². The number of ether oxygens (including phenoxy) is 1. The number of nitrogens with zero attached hydrogens (tertiary/aromatic N) is 2. The van der Waals surface area contributed by atoms with E-state index in [9.17, 15) is 9.59 Å². The Labute approximate surface area is 170 Å². The minimum absolute atomic E-state index is 0.108. The van der Waals surface area contributed by atoms with E-state index in [1.807, 2.05) is 38.1 Å². The molecule has 3 aromatic rings. The van der Waals surface area contributed by atoms with Gasteiger partial charge in [0, 0.05) is 15.7 Å². The molecule has 0 fully saturated rings. The molecule has 0 spiro atoms. The van der Waals surface area contributed by atoms with E-state index in [-0.39, 0.29) is 17.5 Å². The van der Waals surface area contributed by atoms with Crippen LogP contribution >= 0.6 is 27.7 Å². The number of rotatable bonds is 6. The maximum atomic E-state index is 13.2. The maximum Gasteiger partial charge on any atom is 0.316 e. The number of ketones is 1. The van der Waals surface area contributed by atoms with Crippen molar-refractivity contribution in [2.24, 2.45) is 0 Å². The molecule has 3 rings (SSSR count). The Morgan fingerprint density at radius 2 is 1.89 bits per heavy atom. The number of carbonyl (C=O) groups is 2. The third kappa shape index (κ3) is 4.25. The van der Waals surface area contributed by atoms with Gasteiger partial charge in [-0.1, -0.05) is 27.7 Å². The largest absolute Gasteiger partial charge is 0.465 e. The van der Waals surface area contributed by atoms with Gasteiger partial charge in [0.25, 0.3) is 0 Å². The standard InChI is InChI=1S/C20H19BrN2O3S/c1-4-26-17(24)11-27-20-18(19(25)14-5-7-15(21)8-6-14)16-10-12(2)9-13(3)23(16)22-20/h5-10H,4,11H2,1-3H3. The van der Waals surface area contributed by atoms with Gasteiger partial charge in [-0.25, -0.2) is 4.52 Å². The predicted octanol–water partition coefficient (Wildman–Crippen LogP) is 4.60. The van der Waals surface area contributed by atoms with E-state index >= 15 is 0 Å². The molecule has 0 bridgehead atoms. The first-order chi connectivity index (χ1) is 12.9. The summed E-state index contributed by atoms with van der Waals surface area (Å²) in [6.45, 7) is 6.02. The van der Waals surface area contributed by atoms with Gasteiger partial charge >= 0.3 is 5.97 Å². The highest BCUT2D eigenvalue weighted by atomic mass is 79.9. The molecule has 0 aliphatic heterocycles. The monoisotopic (exact) mass is 446 g/mol. The number of hydrogen-bond acceptors (Lipinski definition) is 5. The van der Waals surface area contributed by atoms with Crippen LogP contribution in [0.25, 0.3) is 5.52 Å². The van der Waals surface area contributed by atoms with Crippen molar-refractivity contribution in [1.29, 1.82) is 0 Å². The summed E-state index contributed by atoms with van der Waals surface area (Å²) in [5.74, 6) is -0.334. The zero-order valence-corrected chi connectivity index (χ0v) is 17.7. The number of halogens is 1. The summed E-state index contributed by atoms with van der Waals surface area (Å²) >= 11 is 4.61. The van der Waals surface area contributed by atoms with Gasteiger partial charge in [0.05, 0.1) is 23.4 Å². The molecule has 0 N–H and O–H groups in total. The Kier molecular flexibility index (Phi) is 6.01. The van der Waals surface area contributed by atoms with Crippen LogP contribution in [0, 0.1) is 13.8 Å². The molecule has 0 saturated carbocycles. The van der Waals surface area contributed by atoms with Crippen molar-refractivity contribution in [3.05, 3.63) is 63.3 Å². The van der Waals surface area contributed by atoms with Crippen LogP contribution in [0.2, 0.25) is 0 Å². The Morgan fingerprint density at radius 3 is 2.56 bits per heavy atom. The molecule has 27 heavy (non-hydrogen) atoms. The molecule has 0 aliphatic carbocycles. The maximum absolute atomic E-state index is 13.2. The quantitative estimate of drug-likeness (QED) is 0.314. The van der Waals surface area contributed by atoms with E-state index in [0.29, 0.717) is 22.8 Å². The van der Waals surface area contributed by atoms with Crippen LogP contribution in [-0.4, -0.2) is 33.7 Å². The van der Waals surface area contributed by atoms with Gasteiger partial charge in [0.15, 0.2) is 5.78 Å². The predicted molar refractivity (Wildman–Crippen MR) is 110 cm³/mol. The highest BCUT2D eigenvalue weighted by molar-refractivity contribution is 9.10. The topological polar surface area (TPSA) is 60.7 Å². The van der Waals surface area contributed by atoms with Crippen molar-refractivity contribution in [2.75, 3.05) is 12.4 Å². The van der Waals surface area contributed by atoms with Crippen molar-refractivity contribution >= 4 is 45.0 Å². The number of pyridine rings is 1. The van der Waals surface area contributed by atoms with Crippen LogP contribution in [0.15, 0.2) is 45.9 Å². The lowest BCUT2D eigenvalue weighted by molar-refractivity contribution is -0.139. The second kappa shape index (κ2) is 8.27. The highest BCUT2D eigenvalue weighted by Gasteiger charge is 2.23. The van der Waals surface area contributed by atoms with Gasteiger partial charge in [-0.15, -0.1) is 0 Å². The molecule has 1 aromatic carbocycles. The summed E-state index contributed by atoms with van der Waals surface area (Å²) in [5.41, 5.74) is 3.81. The zero-order valence-electron chi connectivity index (χ0n) is 15.3. The van der Waals surface area contributed by atoms with E-state index in [0.717, 1.165) is 21.2 Å². The lowest BCUT2D eigenvalue weighted by atomic mass is 10.0. The smallest absolute Gasteiger partial charge is 0.316 e. The second-order valence-corrected chi connectivity index (χ2v) is 7.96. The molecule has 0 atom stereocenters. The normalized spacial score (nSPS) is 11.0. The minimum Gasteiger partial charge on any atom is -0.465 e. The summed E-state index contributed by atoms with van der Waals surface area (Å²) in [7, 11) is 0. The van der Waals surface area contributed by atoms with E-state index in [4.69, 9.17) is 4.74 Å². The van der Waals surface area contributed by atoms with Crippen LogP contribution in [-0.2, 0) is 9.53 Å². The summed E-state index contributed by atoms with van der Waals surface area (Å²) < 4.78 is 7.66. The molecular weight excluding hydrogens is 428 g/mol. The van der Waals surface area contributed by atoms with Gasteiger partial charge in [-0.05, 0) is 62.7 Å². The van der Waals surface area contributed by atoms with Crippen LogP contribution in [0.3, 0.4) is 0 Å². The molecule has 0 aliphatic rings. The Balaban J connectivity index is 2.09. The second-order valence-electron chi connectivity index (χ2n) is 6.08. The van der Waals surface area contributed by atoms with E-state index in [2.05, 4.69) is 21.0 Å².